The zero-order valence-corrected chi connectivity index (χ0v) is 11.5. The second-order valence-corrected chi connectivity index (χ2v) is 5.58. The molecule has 0 saturated heterocycles. The van der Waals surface area contributed by atoms with Crippen LogP contribution in [0.2, 0.25) is 0 Å². The molecule has 0 unspecified atom stereocenters. The van der Waals surface area contributed by atoms with Crippen molar-refractivity contribution in [2.75, 3.05) is 6.61 Å². The molecule has 0 aliphatic rings. The van der Waals surface area contributed by atoms with E-state index in [2.05, 4.69) is 5.32 Å². The van der Waals surface area contributed by atoms with Crippen LogP contribution in [-0.4, -0.2) is 24.0 Å². The molecule has 0 fully saturated rings. The Kier molecular flexibility index (Phi) is 5.09. The van der Waals surface area contributed by atoms with Crippen LogP contribution < -0.4 is 5.32 Å². The van der Waals surface area contributed by atoms with Gasteiger partial charge in [0.25, 0.3) is 5.91 Å². The average molecular weight is 267 g/mol. The number of carbonyl (C=O) groups excluding carboxylic acids is 2. The molecule has 1 heterocycles. The summed E-state index contributed by atoms with van der Waals surface area (Å²) in [7, 11) is 0. The summed E-state index contributed by atoms with van der Waals surface area (Å²) >= 11 is 1.55. The lowest BCUT2D eigenvalue weighted by Crippen LogP contribution is -2.42. The molecule has 1 amide bonds. The Morgan fingerprint density at radius 3 is 2.72 bits per heavy atom. The van der Waals surface area contributed by atoms with E-state index in [-0.39, 0.29) is 18.1 Å². The number of rotatable bonds is 4. The molecule has 1 rings (SSSR count). The van der Waals surface area contributed by atoms with Gasteiger partial charge in [-0.25, -0.2) is 4.79 Å². The van der Waals surface area contributed by atoms with Crippen LogP contribution in [0, 0.1) is 0 Å². The van der Waals surface area contributed by atoms with Crippen molar-refractivity contribution in [3.05, 3.63) is 28.5 Å². The average Bonchev–Trinajstić information content (AvgIpc) is 2.74. The van der Waals surface area contributed by atoms with Crippen molar-refractivity contribution < 1.29 is 14.3 Å². The van der Waals surface area contributed by atoms with Gasteiger partial charge in [0, 0.05) is 11.6 Å². The summed E-state index contributed by atoms with van der Waals surface area (Å²) in [4.78, 5) is 22.7. The fourth-order valence-corrected chi connectivity index (χ4v) is 1.80. The number of hydrogen-bond acceptors (Lipinski definition) is 4. The second kappa shape index (κ2) is 6.35. The molecule has 98 valence electrons. The van der Waals surface area contributed by atoms with E-state index in [4.69, 9.17) is 4.74 Å². The number of nitrogens with one attached hydrogen (secondary N) is 1. The molecule has 1 aromatic rings. The first-order chi connectivity index (χ1) is 8.37. The van der Waals surface area contributed by atoms with Crippen LogP contribution in [0.4, 0.5) is 0 Å². The zero-order chi connectivity index (χ0) is 13.6. The SMILES string of the molecule is CC(C)(C)NC(=O)COC(=O)/C=C/c1ccsc1. The highest BCUT2D eigenvalue weighted by Crippen LogP contribution is 2.07. The maximum atomic E-state index is 11.4. The van der Waals surface area contributed by atoms with Gasteiger partial charge in [-0.15, -0.1) is 0 Å². The van der Waals surface area contributed by atoms with Crippen LogP contribution in [0.25, 0.3) is 6.08 Å². The minimum absolute atomic E-state index is 0.260. The summed E-state index contributed by atoms with van der Waals surface area (Å²) in [5.41, 5.74) is 0.617. The van der Waals surface area contributed by atoms with Crippen molar-refractivity contribution >= 4 is 29.3 Å². The third-order valence-corrected chi connectivity index (χ3v) is 2.52. The Bertz CT molecular complexity index is 430. The van der Waals surface area contributed by atoms with Gasteiger partial charge >= 0.3 is 5.97 Å². The summed E-state index contributed by atoms with van der Waals surface area (Å²) in [5.74, 6) is -0.829. The largest absolute Gasteiger partial charge is 0.452 e. The molecule has 0 spiro atoms. The summed E-state index contributed by atoms with van der Waals surface area (Å²) in [6.07, 6.45) is 2.97. The van der Waals surface area contributed by atoms with E-state index in [9.17, 15) is 9.59 Å². The van der Waals surface area contributed by atoms with Gasteiger partial charge in [-0.2, -0.15) is 11.3 Å². The van der Waals surface area contributed by atoms with Crippen molar-refractivity contribution in [1.82, 2.24) is 5.32 Å². The lowest BCUT2D eigenvalue weighted by Gasteiger charge is -2.20. The minimum atomic E-state index is -0.523. The van der Waals surface area contributed by atoms with Crippen LogP contribution in [-0.2, 0) is 14.3 Å². The maximum Gasteiger partial charge on any atom is 0.331 e. The zero-order valence-electron chi connectivity index (χ0n) is 10.7. The predicted octanol–water partition coefficient (Wildman–Crippen LogP) is 2.22. The molecule has 1 N–H and O–H groups in total. The fraction of sp³-hybridized carbons (Fsp3) is 0.385. The summed E-state index contributed by atoms with van der Waals surface area (Å²) in [6, 6.07) is 1.89. The number of amides is 1. The van der Waals surface area contributed by atoms with E-state index < -0.39 is 5.97 Å². The first-order valence-corrected chi connectivity index (χ1v) is 6.49. The molecular formula is C13H17NO3S. The minimum Gasteiger partial charge on any atom is -0.452 e. The molecule has 0 aliphatic heterocycles. The standard InChI is InChI=1S/C13H17NO3S/c1-13(2,3)14-11(15)8-17-12(16)5-4-10-6-7-18-9-10/h4-7,9H,8H2,1-3H3,(H,14,15)/b5-4+. The topological polar surface area (TPSA) is 55.4 Å². The Morgan fingerprint density at radius 1 is 1.44 bits per heavy atom. The smallest absolute Gasteiger partial charge is 0.331 e. The molecule has 5 heteroatoms. The molecule has 4 nitrogen and oxygen atoms in total. The number of thiophene rings is 1. The Hall–Kier alpha value is -1.62. The molecular weight excluding hydrogens is 250 g/mol. The number of carbonyl (C=O) groups is 2. The highest BCUT2D eigenvalue weighted by molar-refractivity contribution is 7.08. The summed E-state index contributed by atoms with van der Waals surface area (Å²) < 4.78 is 4.81. The first kappa shape index (κ1) is 14.4. The van der Waals surface area contributed by atoms with E-state index in [1.807, 2.05) is 37.6 Å². The van der Waals surface area contributed by atoms with E-state index >= 15 is 0 Å². The van der Waals surface area contributed by atoms with Gasteiger partial charge in [-0.1, -0.05) is 0 Å². The van der Waals surface area contributed by atoms with E-state index in [0.29, 0.717) is 0 Å². The van der Waals surface area contributed by atoms with Crippen LogP contribution in [0.1, 0.15) is 26.3 Å². The van der Waals surface area contributed by atoms with Gasteiger partial charge in [0.1, 0.15) is 0 Å². The van der Waals surface area contributed by atoms with Crippen molar-refractivity contribution in [2.45, 2.75) is 26.3 Å². The Balaban J connectivity index is 2.31. The highest BCUT2D eigenvalue weighted by Gasteiger charge is 2.14. The Labute approximate surface area is 111 Å². The molecule has 0 bridgehead atoms. The third-order valence-electron chi connectivity index (χ3n) is 1.81. The summed E-state index contributed by atoms with van der Waals surface area (Å²) in [5, 5.41) is 6.54. The van der Waals surface area contributed by atoms with Crippen LogP contribution in [0.5, 0.6) is 0 Å². The molecule has 0 aliphatic carbocycles. The van der Waals surface area contributed by atoms with Crippen molar-refractivity contribution in [3.8, 4) is 0 Å². The van der Waals surface area contributed by atoms with E-state index in [1.54, 1.807) is 17.4 Å². The quantitative estimate of drug-likeness (QED) is 0.672. The second-order valence-electron chi connectivity index (χ2n) is 4.80. The summed E-state index contributed by atoms with van der Waals surface area (Å²) in [6.45, 7) is 5.33. The van der Waals surface area contributed by atoms with Gasteiger partial charge in [-0.05, 0) is 49.2 Å². The predicted molar refractivity (Wildman–Crippen MR) is 72.2 cm³/mol. The maximum absolute atomic E-state index is 11.4. The normalized spacial score (nSPS) is 11.5. The molecule has 0 radical (unpaired) electrons. The lowest BCUT2D eigenvalue weighted by atomic mass is 10.1. The van der Waals surface area contributed by atoms with Gasteiger partial charge < -0.3 is 10.1 Å². The van der Waals surface area contributed by atoms with Crippen molar-refractivity contribution in [1.29, 1.82) is 0 Å². The van der Waals surface area contributed by atoms with Crippen LogP contribution in [0.3, 0.4) is 0 Å². The van der Waals surface area contributed by atoms with E-state index in [0.717, 1.165) is 5.56 Å². The van der Waals surface area contributed by atoms with Crippen LogP contribution in [0.15, 0.2) is 22.9 Å². The third kappa shape index (κ3) is 6.20. The van der Waals surface area contributed by atoms with Gasteiger partial charge in [-0.3, -0.25) is 4.79 Å². The van der Waals surface area contributed by atoms with Gasteiger partial charge in [0.2, 0.25) is 0 Å². The fourth-order valence-electron chi connectivity index (χ4n) is 1.17. The molecule has 1 aromatic heterocycles. The number of esters is 1. The van der Waals surface area contributed by atoms with E-state index in [1.165, 1.54) is 6.08 Å². The molecule has 0 atom stereocenters. The molecule has 0 aromatic carbocycles. The Morgan fingerprint density at radius 2 is 2.17 bits per heavy atom. The molecule has 0 saturated carbocycles. The lowest BCUT2D eigenvalue weighted by molar-refractivity contribution is -0.144. The van der Waals surface area contributed by atoms with Crippen molar-refractivity contribution in [2.24, 2.45) is 0 Å². The van der Waals surface area contributed by atoms with Gasteiger partial charge in [0.05, 0.1) is 0 Å². The number of ether oxygens (including phenoxy) is 1. The van der Waals surface area contributed by atoms with Crippen molar-refractivity contribution in [3.63, 3.8) is 0 Å². The first-order valence-electron chi connectivity index (χ1n) is 5.55. The highest BCUT2D eigenvalue weighted by atomic mass is 32.1. The van der Waals surface area contributed by atoms with Crippen LogP contribution >= 0.6 is 11.3 Å². The molecule has 18 heavy (non-hydrogen) atoms. The number of hydrogen-bond donors (Lipinski definition) is 1. The van der Waals surface area contributed by atoms with Gasteiger partial charge in [0.15, 0.2) is 6.61 Å². The monoisotopic (exact) mass is 267 g/mol.